The minimum Gasteiger partial charge on any atom is -0.103 e. The summed E-state index contributed by atoms with van der Waals surface area (Å²) in [6.07, 6.45) is 7.36. The Kier molecular flexibility index (Phi) is 3.09. The zero-order valence-corrected chi connectivity index (χ0v) is 9.82. The van der Waals surface area contributed by atoms with Crippen LogP contribution in [0.4, 0.5) is 0 Å². The van der Waals surface area contributed by atoms with Crippen molar-refractivity contribution in [3.63, 3.8) is 0 Å². The predicted molar refractivity (Wildman–Crippen MR) is 71.3 cm³/mol. The second-order valence-electron chi connectivity index (χ2n) is 4.37. The van der Waals surface area contributed by atoms with E-state index in [1.54, 1.807) is 0 Å². The van der Waals surface area contributed by atoms with E-state index < -0.39 is 0 Å². The van der Waals surface area contributed by atoms with Crippen LogP contribution in [0.3, 0.4) is 0 Å². The molecule has 0 saturated heterocycles. The monoisotopic (exact) mass is 210 g/mol. The maximum atomic E-state index is 3.90. The lowest BCUT2D eigenvalue weighted by molar-refractivity contribution is 0.719. The van der Waals surface area contributed by atoms with Crippen LogP contribution in [0.1, 0.15) is 30.4 Å². The molecular formula is C16H18. The van der Waals surface area contributed by atoms with Crippen LogP contribution in [-0.4, -0.2) is 0 Å². The van der Waals surface area contributed by atoms with Gasteiger partial charge in [-0.15, -0.1) is 13.2 Å². The first kappa shape index (κ1) is 10.9. The Labute approximate surface area is 98.0 Å². The molecule has 1 aliphatic rings. The number of hydrogen-bond acceptors (Lipinski definition) is 0. The number of rotatable bonds is 4. The van der Waals surface area contributed by atoms with Gasteiger partial charge in [0.1, 0.15) is 0 Å². The molecule has 0 aliphatic heterocycles. The fraction of sp³-hybridized carbons (Fsp3) is 0.250. The van der Waals surface area contributed by atoms with E-state index in [9.17, 15) is 0 Å². The lowest BCUT2D eigenvalue weighted by Gasteiger charge is -2.18. The molecule has 0 saturated carbocycles. The smallest absolute Gasteiger partial charge is 0.00976 e. The average Bonchev–Trinajstić information content (AvgIpc) is 2.68. The molecule has 2 rings (SSSR count). The van der Waals surface area contributed by atoms with Crippen LogP contribution in [-0.2, 0) is 0 Å². The second kappa shape index (κ2) is 4.52. The van der Waals surface area contributed by atoms with Crippen molar-refractivity contribution in [3.05, 3.63) is 66.3 Å². The third-order valence-electron chi connectivity index (χ3n) is 3.38. The molecule has 16 heavy (non-hydrogen) atoms. The maximum absolute atomic E-state index is 3.90. The summed E-state index contributed by atoms with van der Waals surface area (Å²) in [5.74, 6) is 0.944. The van der Waals surface area contributed by atoms with Crippen molar-refractivity contribution in [2.75, 3.05) is 0 Å². The summed E-state index contributed by atoms with van der Waals surface area (Å²) in [5, 5.41) is 0. The van der Waals surface area contributed by atoms with Gasteiger partial charge in [-0.1, -0.05) is 55.0 Å². The van der Waals surface area contributed by atoms with E-state index in [0.29, 0.717) is 11.8 Å². The highest BCUT2D eigenvalue weighted by molar-refractivity contribution is 5.67. The SMILES string of the molecule is C=CC[C@H]1C([C@H](C)C=C)=Cc2ccccc21. The first-order valence-corrected chi connectivity index (χ1v) is 5.81. The zero-order chi connectivity index (χ0) is 11.5. The molecule has 0 bridgehead atoms. The summed E-state index contributed by atoms with van der Waals surface area (Å²) in [6, 6.07) is 8.63. The molecule has 0 N–H and O–H groups in total. The summed E-state index contributed by atoms with van der Waals surface area (Å²) in [4.78, 5) is 0. The molecule has 1 aromatic carbocycles. The van der Waals surface area contributed by atoms with E-state index in [1.165, 1.54) is 16.7 Å². The van der Waals surface area contributed by atoms with E-state index in [4.69, 9.17) is 0 Å². The molecule has 0 nitrogen and oxygen atoms in total. The highest BCUT2D eigenvalue weighted by Gasteiger charge is 2.25. The molecule has 0 heterocycles. The van der Waals surface area contributed by atoms with Crippen LogP contribution in [0.25, 0.3) is 6.08 Å². The van der Waals surface area contributed by atoms with Gasteiger partial charge in [0, 0.05) is 5.92 Å². The second-order valence-corrected chi connectivity index (χ2v) is 4.37. The molecule has 82 valence electrons. The molecule has 0 unspecified atom stereocenters. The molecule has 1 aromatic rings. The van der Waals surface area contributed by atoms with Crippen LogP contribution < -0.4 is 0 Å². The molecule has 0 radical (unpaired) electrons. The van der Waals surface area contributed by atoms with Gasteiger partial charge in [-0.05, 0) is 23.5 Å². The van der Waals surface area contributed by atoms with Gasteiger partial charge in [0.2, 0.25) is 0 Å². The topological polar surface area (TPSA) is 0 Å². The fourth-order valence-electron chi connectivity index (χ4n) is 2.43. The number of hydrogen-bond donors (Lipinski definition) is 0. The van der Waals surface area contributed by atoms with E-state index >= 15 is 0 Å². The predicted octanol–water partition coefficient (Wildman–Crippen LogP) is 4.57. The van der Waals surface area contributed by atoms with Crippen molar-refractivity contribution in [2.45, 2.75) is 19.3 Å². The summed E-state index contributed by atoms with van der Waals surface area (Å²) in [5.41, 5.74) is 4.26. The van der Waals surface area contributed by atoms with Crippen molar-refractivity contribution >= 4 is 6.08 Å². The van der Waals surface area contributed by atoms with E-state index in [2.05, 4.69) is 50.4 Å². The third kappa shape index (κ3) is 1.76. The standard InChI is InChI=1S/C16H18/c1-4-8-15-14-10-7-6-9-13(14)11-16(15)12(3)5-2/h4-7,9-12,15H,1-2,8H2,3H3/t12-,15-/m1/s1. The van der Waals surface area contributed by atoms with Gasteiger partial charge in [-0.25, -0.2) is 0 Å². The van der Waals surface area contributed by atoms with Crippen LogP contribution in [0, 0.1) is 5.92 Å². The Morgan fingerprint density at radius 1 is 1.31 bits per heavy atom. The van der Waals surface area contributed by atoms with E-state index in [1.807, 2.05) is 12.2 Å². The van der Waals surface area contributed by atoms with Gasteiger partial charge in [0.05, 0.1) is 0 Å². The largest absolute Gasteiger partial charge is 0.103 e. The average molecular weight is 210 g/mol. The highest BCUT2D eigenvalue weighted by atomic mass is 14.3. The number of fused-ring (bicyclic) bond motifs is 1. The van der Waals surface area contributed by atoms with Crippen LogP contribution in [0.15, 0.2) is 55.1 Å². The summed E-state index contributed by atoms with van der Waals surface area (Å²) in [6.45, 7) is 9.97. The van der Waals surface area contributed by atoms with Gasteiger partial charge in [-0.3, -0.25) is 0 Å². The van der Waals surface area contributed by atoms with Gasteiger partial charge < -0.3 is 0 Å². The molecule has 0 spiro atoms. The molecule has 0 amide bonds. The minimum absolute atomic E-state index is 0.442. The summed E-state index contributed by atoms with van der Waals surface area (Å²) < 4.78 is 0. The molecular weight excluding hydrogens is 192 g/mol. The molecule has 0 heteroatoms. The molecule has 0 aromatic heterocycles. The first-order valence-electron chi connectivity index (χ1n) is 5.81. The third-order valence-corrected chi connectivity index (χ3v) is 3.38. The molecule has 0 fully saturated rings. The Morgan fingerprint density at radius 2 is 2.06 bits per heavy atom. The van der Waals surface area contributed by atoms with Crippen molar-refractivity contribution in [2.24, 2.45) is 5.92 Å². The van der Waals surface area contributed by atoms with Crippen molar-refractivity contribution < 1.29 is 0 Å². The van der Waals surface area contributed by atoms with E-state index in [-0.39, 0.29) is 0 Å². The number of benzene rings is 1. The fourth-order valence-corrected chi connectivity index (χ4v) is 2.43. The van der Waals surface area contributed by atoms with Gasteiger partial charge in [0.25, 0.3) is 0 Å². The van der Waals surface area contributed by atoms with Gasteiger partial charge in [0.15, 0.2) is 0 Å². The number of allylic oxidation sites excluding steroid dienone is 3. The molecule has 1 aliphatic carbocycles. The van der Waals surface area contributed by atoms with Crippen molar-refractivity contribution in [1.82, 2.24) is 0 Å². The Bertz CT molecular complexity index is 437. The summed E-state index contributed by atoms with van der Waals surface area (Å²) in [7, 11) is 0. The summed E-state index contributed by atoms with van der Waals surface area (Å²) >= 11 is 0. The minimum atomic E-state index is 0.442. The van der Waals surface area contributed by atoms with Crippen molar-refractivity contribution in [1.29, 1.82) is 0 Å². The van der Waals surface area contributed by atoms with Crippen LogP contribution in [0.2, 0.25) is 0 Å². The highest BCUT2D eigenvalue weighted by Crippen LogP contribution is 2.42. The normalized spacial score (nSPS) is 19.8. The Hall–Kier alpha value is -1.56. The Balaban J connectivity index is 2.41. The van der Waals surface area contributed by atoms with Crippen molar-refractivity contribution in [3.8, 4) is 0 Å². The van der Waals surface area contributed by atoms with Gasteiger partial charge in [-0.2, -0.15) is 0 Å². The quantitative estimate of drug-likeness (QED) is 0.639. The zero-order valence-electron chi connectivity index (χ0n) is 9.82. The van der Waals surface area contributed by atoms with E-state index in [0.717, 1.165) is 6.42 Å². The lowest BCUT2D eigenvalue weighted by atomic mass is 9.86. The van der Waals surface area contributed by atoms with Gasteiger partial charge >= 0.3 is 0 Å². The van der Waals surface area contributed by atoms with Crippen LogP contribution in [0.5, 0.6) is 0 Å². The maximum Gasteiger partial charge on any atom is 0.00976 e. The Morgan fingerprint density at radius 3 is 2.75 bits per heavy atom. The first-order chi connectivity index (χ1) is 7.77. The molecule has 2 atom stereocenters. The lowest BCUT2D eigenvalue weighted by Crippen LogP contribution is -2.03. The van der Waals surface area contributed by atoms with Crippen LogP contribution >= 0.6 is 0 Å².